The molecule has 0 saturated heterocycles. The normalized spacial score (nSPS) is 10.8. The Hall–Kier alpha value is -2.10. The van der Waals surface area contributed by atoms with Crippen LogP contribution >= 0.6 is 0 Å². The number of methoxy groups -OCH3 is 1. The van der Waals surface area contributed by atoms with Crippen molar-refractivity contribution in [2.75, 3.05) is 12.8 Å². The monoisotopic (exact) mass is 257 g/mol. The van der Waals surface area contributed by atoms with Gasteiger partial charge in [0, 0.05) is 17.0 Å². The van der Waals surface area contributed by atoms with Crippen LogP contribution in [0.5, 0.6) is 5.75 Å². The average Bonchev–Trinajstić information content (AvgIpc) is 2.41. The van der Waals surface area contributed by atoms with Gasteiger partial charge in [-0.05, 0) is 19.1 Å². The van der Waals surface area contributed by atoms with Gasteiger partial charge in [-0.2, -0.15) is 0 Å². The summed E-state index contributed by atoms with van der Waals surface area (Å²) in [6, 6.07) is 7.81. The van der Waals surface area contributed by atoms with Crippen LogP contribution in [-0.2, 0) is 0 Å². The molecule has 0 aliphatic rings. The lowest BCUT2D eigenvalue weighted by molar-refractivity contribution is 0.415. The predicted octanol–water partition coefficient (Wildman–Crippen LogP) is 3.17. The average molecular weight is 257 g/mol. The van der Waals surface area contributed by atoms with Crippen LogP contribution in [0.2, 0.25) is 0 Å². The molecule has 0 unspecified atom stereocenters. The van der Waals surface area contributed by atoms with Crippen molar-refractivity contribution >= 4 is 5.82 Å². The Labute approximate surface area is 113 Å². The Morgan fingerprint density at radius 1 is 1.21 bits per heavy atom. The molecule has 2 N–H and O–H groups in total. The van der Waals surface area contributed by atoms with E-state index in [-0.39, 0.29) is 5.92 Å². The van der Waals surface area contributed by atoms with Crippen molar-refractivity contribution in [3.8, 4) is 17.0 Å². The first-order valence-corrected chi connectivity index (χ1v) is 6.31. The van der Waals surface area contributed by atoms with E-state index in [1.807, 2.05) is 31.2 Å². The first kappa shape index (κ1) is 13.3. The summed E-state index contributed by atoms with van der Waals surface area (Å²) in [6.45, 7) is 6.05. The van der Waals surface area contributed by atoms with Gasteiger partial charge in [0.15, 0.2) is 0 Å². The molecule has 0 aliphatic carbocycles. The van der Waals surface area contributed by atoms with Gasteiger partial charge in [0.1, 0.15) is 17.4 Å². The number of aromatic nitrogens is 2. The molecule has 0 aliphatic heterocycles. The van der Waals surface area contributed by atoms with E-state index in [1.54, 1.807) is 7.11 Å². The zero-order valence-electron chi connectivity index (χ0n) is 11.8. The molecule has 1 aromatic heterocycles. The van der Waals surface area contributed by atoms with E-state index in [4.69, 9.17) is 10.5 Å². The fourth-order valence-corrected chi connectivity index (χ4v) is 1.86. The Morgan fingerprint density at radius 3 is 2.58 bits per heavy atom. The molecule has 19 heavy (non-hydrogen) atoms. The predicted molar refractivity (Wildman–Crippen MR) is 77.3 cm³/mol. The lowest BCUT2D eigenvalue weighted by atomic mass is 10.1. The summed E-state index contributed by atoms with van der Waals surface area (Å²) in [7, 11) is 1.65. The molecule has 0 atom stereocenters. The van der Waals surface area contributed by atoms with Gasteiger partial charge in [-0.3, -0.25) is 0 Å². The second kappa shape index (κ2) is 5.26. The number of nitrogens with zero attached hydrogens (tertiary/aromatic N) is 2. The summed E-state index contributed by atoms with van der Waals surface area (Å²) >= 11 is 0. The topological polar surface area (TPSA) is 61.0 Å². The molecule has 1 heterocycles. The van der Waals surface area contributed by atoms with E-state index in [2.05, 4.69) is 23.8 Å². The largest absolute Gasteiger partial charge is 0.497 e. The zero-order valence-corrected chi connectivity index (χ0v) is 11.8. The van der Waals surface area contributed by atoms with Crippen LogP contribution < -0.4 is 10.5 Å². The minimum absolute atomic E-state index is 0.243. The van der Waals surface area contributed by atoms with Crippen molar-refractivity contribution in [2.45, 2.75) is 26.7 Å². The highest BCUT2D eigenvalue weighted by Crippen LogP contribution is 2.28. The highest BCUT2D eigenvalue weighted by molar-refractivity contribution is 5.68. The molecule has 4 nitrogen and oxygen atoms in total. The number of hydrogen-bond acceptors (Lipinski definition) is 4. The third kappa shape index (κ3) is 2.67. The lowest BCUT2D eigenvalue weighted by Crippen LogP contribution is -2.06. The first-order valence-electron chi connectivity index (χ1n) is 6.31. The molecule has 0 saturated carbocycles. The summed E-state index contributed by atoms with van der Waals surface area (Å²) in [5.41, 5.74) is 8.75. The van der Waals surface area contributed by atoms with E-state index in [1.165, 1.54) is 0 Å². The first-order chi connectivity index (χ1) is 9.02. The van der Waals surface area contributed by atoms with Gasteiger partial charge in [0.05, 0.1) is 12.8 Å². The standard InChI is InChI=1S/C15H19N3O/c1-9(2)15-17-13(10(3)14(16)18-15)11-6-5-7-12(8-11)19-4/h5-9H,1-4H3,(H2,16,17,18). The molecule has 0 amide bonds. The fraction of sp³-hybridized carbons (Fsp3) is 0.333. The van der Waals surface area contributed by atoms with E-state index >= 15 is 0 Å². The molecule has 2 rings (SSSR count). The zero-order chi connectivity index (χ0) is 14.0. The third-order valence-corrected chi connectivity index (χ3v) is 3.06. The number of anilines is 1. The van der Waals surface area contributed by atoms with Crippen LogP contribution in [0.1, 0.15) is 31.2 Å². The lowest BCUT2D eigenvalue weighted by Gasteiger charge is -2.12. The number of ether oxygens (including phenoxy) is 1. The van der Waals surface area contributed by atoms with Gasteiger partial charge < -0.3 is 10.5 Å². The summed E-state index contributed by atoms with van der Waals surface area (Å²) < 4.78 is 5.25. The second-order valence-corrected chi connectivity index (χ2v) is 4.83. The number of hydrogen-bond donors (Lipinski definition) is 1. The number of nitrogens with two attached hydrogens (primary N) is 1. The molecule has 0 fully saturated rings. The van der Waals surface area contributed by atoms with Gasteiger partial charge >= 0.3 is 0 Å². The Balaban J connectivity index is 2.60. The van der Waals surface area contributed by atoms with Crippen molar-refractivity contribution in [3.63, 3.8) is 0 Å². The molecule has 0 radical (unpaired) electrons. The van der Waals surface area contributed by atoms with Gasteiger partial charge in [-0.1, -0.05) is 26.0 Å². The minimum atomic E-state index is 0.243. The molecule has 100 valence electrons. The van der Waals surface area contributed by atoms with E-state index in [0.29, 0.717) is 5.82 Å². The van der Waals surface area contributed by atoms with Crippen LogP contribution in [0.4, 0.5) is 5.82 Å². The van der Waals surface area contributed by atoms with Crippen LogP contribution in [0.25, 0.3) is 11.3 Å². The van der Waals surface area contributed by atoms with E-state index in [9.17, 15) is 0 Å². The van der Waals surface area contributed by atoms with Crippen LogP contribution in [0.15, 0.2) is 24.3 Å². The molecule has 0 bridgehead atoms. The summed E-state index contributed by atoms with van der Waals surface area (Å²) in [5.74, 6) is 2.35. The molecular formula is C15H19N3O. The summed E-state index contributed by atoms with van der Waals surface area (Å²) in [6.07, 6.45) is 0. The maximum Gasteiger partial charge on any atom is 0.133 e. The highest BCUT2D eigenvalue weighted by Gasteiger charge is 2.13. The molecule has 2 aromatic rings. The third-order valence-electron chi connectivity index (χ3n) is 3.06. The number of rotatable bonds is 3. The molecule has 0 spiro atoms. The van der Waals surface area contributed by atoms with Crippen LogP contribution in [0.3, 0.4) is 0 Å². The maximum absolute atomic E-state index is 5.98. The smallest absolute Gasteiger partial charge is 0.133 e. The van der Waals surface area contributed by atoms with E-state index < -0.39 is 0 Å². The summed E-state index contributed by atoms with van der Waals surface area (Å²) in [4.78, 5) is 8.97. The van der Waals surface area contributed by atoms with Gasteiger partial charge in [0.25, 0.3) is 0 Å². The van der Waals surface area contributed by atoms with Crippen molar-refractivity contribution in [1.29, 1.82) is 0 Å². The van der Waals surface area contributed by atoms with Gasteiger partial charge in [-0.15, -0.1) is 0 Å². The quantitative estimate of drug-likeness (QED) is 0.917. The van der Waals surface area contributed by atoms with Gasteiger partial charge in [0.2, 0.25) is 0 Å². The van der Waals surface area contributed by atoms with Crippen LogP contribution in [-0.4, -0.2) is 17.1 Å². The Bertz CT molecular complexity index is 594. The number of benzene rings is 1. The van der Waals surface area contributed by atoms with E-state index in [0.717, 1.165) is 28.4 Å². The van der Waals surface area contributed by atoms with Crippen LogP contribution in [0, 0.1) is 6.92 Å². The molecule has 4 heteroatoms. The molecular weight excluding hydrogens is 238 g/mol. The SMILES string of the molecule is COc1cccc(-c2nc(C(C)C)nc(N)c2C)c1. The summed E-state index contributed by atoms with van der Waals surface area (Å²) in [5, 5.41) is 0. The minimum Gasteiger partial charge on any atom is -0.497 e. The van der Waals surface area contributed by atoms with Gasteiger partial charge in [-0.25, -0.2) is 9.97 Å². The van der Waals surface area contributed by atoms with Crippen molar-refractivity contribution in [1.82, 2.24) is 9.97 Å². The fourth-order valence-electron chi connectivity index (χ4n) is 1.86. The molecule has 1 aromatic carbocycles. The second-order valence-electron chi connectivity index (χ2n) is 4.83. The number of nitrogen functional groups attached to an aromatic ring is 1. The van der Waals surface area contributed by atoms with Crippen molar-refractivity contribution < 1.29 is 4.74 Å². The maximum atomic E-state index is 5.98. The van der Waals surface area contributed by atoms with Crippen molar-refractivity contribution in [3.05, 3.63) is 35.7 Å². The Kier molecular flexibility index (Phi) is 3.69. The Morgan fingerprint density at radius 2 is 1.95 bits per heavy atom. The highest BCUT2D eigenvalue weighted by atomic mass is 16.5. The van der Waals surface area contributed by atoms with Crippen molar-refractivity contribution in [2.24, 2.45) is 0 Å².